The first-order chi connectivity index (χ1) is 10.3. The van der Waals surface area contributed by atoms with Crippen molar-refractivity contribution < 1.29 is 13.2 Å². The van der Waals surface area contributed by atoms with Crippen LogP contribution in [0.2, 0.25) is 0 Å². The van der Waals surface area contributed by atoms with Crippen molar-refractivity contribution in [2.75, 3.05) is 21.9 Å². The van der Waals surface area contributed by atoms with Crippen molar-refractivity contribution >= 4 is 39.7 Å². The largest absolute Gasteiger partial charge is 0.325 e. The molecule has 0 aliphatic carbocycles. The Labute approximate surface area is 143 Å². The number of sulfonamides is 1. The highest BCUT2D eigenvalue weighted by Gasteiger charge is 2.28. The summed E-state index contributed by atoms with van der Waals surface area (Å²) in [6.07, 6.45) is 1.44. The molecule has 6 nitrogen and oxygen atoms in total. The summed E-state index contributed by atoms with van der Waals surface area (Å²) in [5.41, 5.74) is 7.04. The first-order valence-electron chi connectivity index (χ1n) is 7.52. The Balaban J connectivity index is 0.00000264. The molecule has 3 N–H and O–H groups in total. The number of hydrogen-bond donors (Lipinski definition) is 2. The Kier molecular flexibility index (Phi) is 6.85. The van der Waals surface area contributed by atoms with Gasteiger partial charge in [-0.2, -0.15) is 0 Å². The highest BCUT2D eigenvalue weighted by atomic mass is 35.5. The van der Waals surface area contributed by atoms with Crippen molar-refractivity contribution in [2.45, 2.75) is 32.7 Å². The molecule has 1 saturated heterocycles. The van der Waals surface area contributed by atoms with Crippen LogP contribution in [0.5, 0.6) is 0 Å². The zero-order chi connectivity index (χ0) is 16.3. The number of hydrogen-bond acceptors (Lipinski definition) is 4. The van der Waals surface area contributed by atoms with Crippen molar-refractivity contribution in [3.8, 4) is 0 Å². The van der Waals surface area contributed by atoms with Crippen LogP contribution < -0.4 is 15.4 Å². The number of halogens is 1. The van der Waals surface area contributed by atoms with Crippen molar-refractivity contribution in [3.05, 3.63) is 24.3 Å². The quantitative estimate of drug-likeness (QED) is 0.838. The smallest absolute Gasteiger partial charge is 0.241 e. The van der Waals surface area contributed by atoms with E-state index in [9.17, 15) is 13.2 Å². The summed E-state index contributed by atoms with van der Waals surface area (Å²) in [6.45, 7) is 4.39. The van der Waals surface area contributed by atoms with E-state index < -0.39 is 16.1 Å². The number of nitrogens with one attached hydrogen (secondary N) is 1. The van der Waals surface area contributed by atoms with Crippen molar-refractivity contribution in [1.29, 1.82) is 0 Å². The molecule has 1 aliphatic heterocycles. The molecule has 2 unspecified atom stereocenters. The molecular weight excluding hydrogens is 338 g/mol. The Morgan fingerprint density at radius 1 is 1.43 bits per heavy atom. The second-order valence-corrected chi connectivity index (χ2v) is 7.71. The van der Waals surface area contributed by atoms with Gasteiger partial charge in [-0.3, -0.25) is 9.10 Å². The third-order valence-corrected chi connectivity index (χ3v) is 5.93. The lowest BCUT2D eigenvalue weighted by Gasteiger charge is -2.20. The summed E-state index contributed by atoms with van der Waals surface area (Å²) in [5, 5.41) is 2.76. The number of benzene rings is 1. The maximum Gasteiger partial charge on any atom is 0.241 e. The van der Waals surface area contributed by atoms with Crippen LogP contribution in [0, 0.1) is 5.92 Å². The molecule has 1 aromatic rings. The van der Waals surface area contributed by atoms with Crippen LogP contribution in [-0.2, 0) is 14.8 Å². The van der Waals surface area contributed by atoms with Gasteiger partial charge in [-0.05, 0) is 30.5 Å². The fraction of sp³-hybridized carbons (Fsp3) is 0.533. The van der Waals surface area contributed by atoms with Crippen molar-refractivity contribution in [3.63, 3.8) is 0 Å². The molecule has 2 atom stereocenters. The summed E-state index contributed by atoms with van der Waals surface area (Å²) in [4.78, 5) is 12.1. The minimum atomic E-state index is -3.22. The lowest BCUT2D eigenvalue weighted by atomic mass is 9.99. The standard InChI is InChI=1S/C15H23N3O3S.ClH/c1-3-11(2)14(16)15(19)17-12-6-4-7-13(10-12)18-8-5-9-22(18,20)21;/h4,6-7,10-11,14H,3,5,8-9,16H2,1-2H3,(H,17,19);1H. The van der Waals surface area contributed by atoms with Gasteiger partial charge in [0.2, 0.25) is 15.9 Å². The van der Waals surface area contributed by atoms with Crippen LogP contribution in [0.4, 0.5) is 11.4 Å². The number of anilines is 2. The topological polar surface area (TPSA) is 92.5 Å². The summed E-state index contributed by atoms with van der Waals surface area (Å²) in [7, 11) is -3.22. The molecule has 0 bridgehead atoms. The van der Waals surface area contributed by atoms with Gasteiger partial charge in [0.05, 0.1) is 17.5 Å². The normalized spacial score (nSPS) is 18.8. The number of amides is 1. The Morgan fingerprint density at radius 2 is 2.13 bits per heavy atom. The van der Waals surface area contributed by atoms with E-state index in [1.165, 1.54) is 4.31 Å². The Morgan fingerprint density at radius 3 is 2.70 bits per heavy atom. The second-order valence-electron chi connectivity index (χ2n) is 5.69. The van der Waals surface area contributed by atoms with E-state index in [1.807, 2.05) is 13.8 Å². The molecule has 2 rings (SSSR count). The average molecular weight is 362 g/mol. The number of nitrogens with zero attached hydrogens (tertiary/aromatic N) is 1. The fourth-order valence-electron chi connectivity index (χ4n) is 2.41. The van der Waals surface area contributed by atoms with Gasteiger partial charge < -0.3 is 11.1 Å². The summed E-state index contributed by atoms with van der Waals surface area (Å²) >= 11 is 0. The van der Waals surface area contributed by atoms with E-state index in [0.717, 1.165) is 6.42 Å². The average Bonchev–Trinajstić information content (AvgIpc) is 2.85. The van der Waals surface area contributed by atoms with Gasteiger partial charge in [0.25, 0.3) is 0 Å². The highest BCUT2D eigenvalue weighted by molar-refractivity contribution is 7.93. The minimum absolute atomic E-state index is 0. The molecule has 0 saturated carbocycles. The van der Waals surface area contributed by atoms with Gasteiger partial charge in [0.15, 0.2) is 0 Å². The van der Waals surface area contributed by atoms with E-state index >= 15 is 0 Å². The maximum atomic E-state index is 12.1. The highest BCUT2D eigenvalue weighted by Crippen LogP contribution is 2.26. The van der Waals surface area contributed by atoms with E-state index in [-0.39, 0.29) is 30.0 Å². The van der Waals surface area contributed by atoms with Gasteiger partial charge in [0.1, 0.15) is 0 Å². The Bertz CT molecular complexity index is 651. The monoisotopic (exact) mass is 361 g/mol. The van der Waals surface area contributed by atoms with Crippen LogP contribution in [0.25, 0.3) is 0 Å². The van der Waals surface area contributed by atoms with Crippen LogP contribution >= 0.6 is 12.4 Å². The molecule has 23 heavy (non-hydrogen) atoms. The molecule has 1 aromatic carbocycles. The van der Waals surface area contributed by atoms with Crippen molar-refractivity contribution in [1.82, 2.24) is 0 Å². The maximum absolute atomic E-state index is 12.1. The molecule has 1 aliphatic rings. The molecule has 0 aromatic heterocycles. The van der Waals surface area contributed by atoms with E-state index in [0.29, 0.717) is 24.3 Å². The van der Waals surface area contributed by atoms with Gasteiger partial charge in [0, 0.05) is 12.2 Å². The Hall–Kier alpha value is -1.31. The molecule has 1 heterocycles. The summed E-state index contributed by atoms with van der Waals surface area (Å²) < 4.78 is 25.3. The second kappa shape index (κ2) is 7.99. The van der Waals surface area contributed by atoms with Crippen LogP contribution in [-0.4, -0.2) is 32.7 Å². The summed E-state index contributed by atoms with van der Waals surface area (Å²) in [5.74, 6) is 0.000531. The van der Waals surface area contributed by atoms with E-state index in [4.69, 9.17) is 5.73 Å². The molecule has 1 fully saturated rings. The first-order valence-corrected chi connectivity index (χ1v) is 9.13. The number of rotatable bonds is 5. The van der Waals surface area contributed by atoms with Crippen LogP contribution in [0.3, 0.4) is 0 Å². The van der Waals surface area contributed by atoms with E-state index in [2.05, 4.69) is 5.32 Å². The fourth-order valence-corrected chi connectivity index (χ4v) is 3.96. The zero-order valence-corrected chi connectivity index (χ0v) is 15.0. The summed E-state index contributed by atoms with van der Waals surface area (Å²) in [6, 6.07) is 6.28. The predicted molar refractivity (Wildman–Crippen MR) is 95.5 cm³/mol. The lowest BCUT2D eigenvalue weighted by Crippen LogP contribution is -2.40. The first kappa shape index (κ1) is 19.7. The lowest BCUT2D eigenvalue weighted by molar-refractivity contribution is -0.118. The third kappa shape index (κ3) is 4.59. The van der Waals surface area contributed by atoms with E-state index in [1.54, 1.807) is 24.3 Å². The van der Waals surface area contributed by atoms with Crippen LogP contribution in [0.15, 0.2) is 24.3 Å². The molecule has 1 amide bonds. The van der Waals surface area contributed by atoms with Crippen molar-refractivity contribution in [2.24, 2.45) is 11.7 Å². The van der Waals surface area contributed by atoms with Gasteiger partial charge >= 0.3 is 0 Å². The zero-order valence-electron chi connectivity index (χ0n) is 13.4. The molecular formula is C15H24ClN3O3S. The molecule has 130 valence electrons. The molecule has 8 heteroatoms. The predicted octanol–water partition coefficient (Wildman–Crippen LogP) is 1.96. The number of carbonyl (C=O) groups excluding carboxylic acids is 1. The SMILES string of the molecule is CCC(C)C(N)C(=O)Nc1cccc(N2CCCS2(=O)=O)c1.Cl. The number of carbonyl (C=O) groups is 1. The van der Waals surface area contributed by atoms with Crippen LogP contribution in [0.1, 0.15) is 26.7 Å². The molecule has 0 radical (unpaired) electrons. The minimum Gasteiger partial charge on any atom is -0.325 e. The van der Waals surface area contributed by atoms with Gasteiger partial charge in [-0.1, -0.05) is 26.3 Å². The number of nitrogens with two attached hydrogens (primary N) is 1. The molecule has 0 spiro atoms. The third-order valence-electron chi connectivity index (χ3n) is 4.06. The van der Waals surface area contributed by atoms with Gasteiger partial charge in [-0.15, -0.1) is 12.4 Å². The van der Waals surface area contributed by atoms with Gasteiger partial charge in [-0.25, -0.2) is 8.42 Å².